The monoisotopic (exact) mass is 466 g/mol. The van der Waals surface area contributed by atoms with Crippen molar-refractivity contribution in [2.24, 2.45) is 0 Å². The Balaban J connectivity index is 1.74. The highest BCUT2D eigenvalue weighted by Gasteiger charge is 2.14. The predicted molar refractivity (Wildman–Crippen MR) is 149 cm³/mol. The molecule has 0 bridgehead atoms. The Morgan fingerprint density at radius 2 is 0.722 bits per heavy atom. The number of allylic oxidation sites excluding steroid dienone is 2. The summed E-state index contributed by atoms with van der Waals surface area (Å²) < 4.78 is 13.9. The zero-order valence-electron chi connectivity index (χ0n) is 20.0. The summed E-state index contributed by atoms with van der Waals surface area (Å²) in [4.78, 5) is 0. The number of rotatable bonds is 7. The van der Waals surface area contributed by atoms with Crippen LogP contribution >= 0.6 is 0 Å². The van der Waals surface area contributed by atoms with Crippen LogP contribution in [0.1, 0.15) is 33.7 Å². The van der Waals surface area contributed by atoms with E-state index in [9.17, 15) is 4.39 Å². The molecule has 0 radical (unpaired) electrons. The minimum Gasteiger partial charge on any atom is -0.207 e. The van der Waals surface area contributed by atoms with Crippen molar-refractivity contribution in [3.63, 3.8) is 0 Å². The molecule has 0 heterocycles. The van der Waals surface area contributed by atoms with Crippen LogP contribution in [0.25, 0.3) is 11.1 Å². The molecule has 0 fully saturated rings. The van der Waals surface area contributed by atoms with Crippen LogP contribution in [0.3, 0.4) is 0 Å². The fourth-order valence-electron chi connectivity index (χ4n) is 4.47. The topological polar surface area (TPSA) is 0 Å². The minimum absolute atomic E-state index is 0.0866. The van der Waals surface area contributed by atoms with E-state index in [1.165, 1.54) is 0 Å². The Labute approximate surface area is 212 Å². The van der Waals surface area contributed by atoms with Gasteiger partial charge in [0.1, 0.15) is 5.82 Å². The van der Waals surface area contributed by atoms with Crippen molar-refractivity contribution in [2.75, 3.05) is 0 Å². The third-order valence-corrected chi connectivity index (χ3v) is 6.29. The molecule has 0 aromatic heterocycles. The van der Waals surface area contributed by atoms with Crippen molar-refractivity contribution in [3.05, 3.63) is 191 Å². The quantitative estimate of drug-likeness (QED) is 0.224. The molecule has 0 saturated carbocycles. The van der Waals surface area contributed by atoms with Crippen molar-refractivity contribution >= 4 is 11.1 Å². The molecule has 0 aliphatic heterocycles. The van der Waals surface area contributed by atoms with E-state index in [2.05, 4.69) is 109 Å². The SMILES string of the molecule is Fc1ccc(C(C=C(c2ccccc2)c2ccccc2)C=C(c2ccccc2)c2ccccc2)cc1. The average Bonchev–Trinajstić information content (AvgIpc) is 2.96. The maximum Gasteiger partial charge on any atom is 0.123 e. The molecule has 36 heavy (non-hydrogen) atoms. The largest absolute Gasteiger partial charge is 0.207 e. The fraction of sp³-hybridized carbons (Fsp3) is 0.0286. The maximum absolute atomic E-state index is 13.9. The van der Waals surface area contributed by atoms with Crippen LogP contribution in [0.15, 0.2) is 158 Å². The summed E-state index contributed by atoms with van der Waals surface area (Å²) in [6.07, 6.45) is 4.59. The summed E-state index contributed by atoms with van der Waals surface area (Å²) in [7, 11) is 0. The van der Waals surface area contributed by atoms with E-state index in [0.29, 0.717) is 0 Å². The lowest BCUT2D eigenvalue weighted by Gasteiger charge is -2.17. The van der Waals surface area contributed by atoms with Gasteiger partial charge in [0.25, 0.3) is 0 Å². The molecule has 5 aromatic rings. The Hall–Kier alpha value is -4.49. The molecule has 0 atom stereocenters. The Bertz CT molecular complexity index is 1260. The summed E-state index contributed by atoms with van der Waals surface area (Å²) in [6.45, 7) is 0. The average molecular weight is 467 g/mol. The molecule has 5 aromatic carbocycles. The van der Waals surface area contributed by atoms with Gasteiger partial charge < -0.3 is 0 Å². The smallest absolute Gasteiger partial charge is 0.123 e. The summed E-state index contributed by atoms with van der Waals surface area (Å²) in [5.41, 5.74) is 7.89. The van der Waals surface area contributed by atoms with Crippen LogP contribution in [-0.2, 0) is 0 Å². The van der Waals surface area contributed by atoms with E-state index in [1.54, 1.807) is 12.1 Å². The van der Waals surface area contributed by atoms with E-state index >= 15 is 0 Å². The maximum atomic E-state index is 13.9. The summed E-state index contributed by atoms with van der Waals surface area (Å²) in [5.74, 6) is -0.320. The van der Waals surface area contributed by atoms with Crippen LogP contribution in [0.4, 0.5) is 4.39 Å². The first kappa shape index (κ1) is 23.3. The van der Waals surface area contributed by atoms with Crippen molar-refractivity contribution in [2.45, 2.75) is 5.92 Å². The molecule has 0 amide bonds. The molecule has 174 valence electrons. The second kappa shape index (κ2) is 11.3. The third-order valence-electron chi connectivity index (χ3n) is 6.29. The van der Waals surface area contributed by atoms with Gasteiger partial charge in [0.2, 0.25) is 0 Å². The van der Waals surface area contributed by atoms with Crippen LogP contribution in [0.5, 0.6) is 0 Å². The first-order valence-corrected chi connectivity index (χ1v) is 12.2. The standard InChI is InChI=1S/C35H27F/c36-33-23-21-27(22-24-33)32(25-34(28-13-5-1-6-14-28)29-15-7-2-8-16-29)26-35(30-17-9-3-10-18-30)31-19-11-4-12-20-31/h1-26,32H. The lowest BCUT2D eigenvalue weighted by Crippen LogP contribution is -1.99. The van der Waals surface area contributed by atoms with Gasteiger partial charge in [-0.25, -0.2) is 4.39 Å². The van der Waals surface area contributed by atoms with Gasteiger partial charge >= 0.3 is 0 Å². The van der Waals surface area contributed by atoms with Crippen molar-refractivity contribution in [1.82, 2.24) is 0 Å². The normalized spacial score (nSPS) is 10.6. The second-order valence-electron chi connectivity index (χ2n) is 8.70. The van der Waals surface area contributed by atoms with Gasteiger partial charge in [-0.05, 0) is 51.1 Å². The van der Waals surface area contributed by atoms with Crippen LogP contribution in [-0.4, -0.2) is 0 Å². The molecule has 0 spiro atoms. The van der Waals surface area contributed by atoms with Crippen LogP contribution < -0.4 is 0 Å². The van der Waals surface area contributed by atoms with E-state index in [1.807, 2.05) is 36.4 Å². The van der Waals surface area contributed by atoms with Crippen LogP contribution in [0.2, 0.25) is 0 Å². The van der Waals surface area contributed by atoms with Gasteiger partial charge in [-0.1, -0.05) is 146 Å². The summed E-state index contributed by atoms with van der Waals surface area (Å²) in [6, 6.07) is 48.6. The van der Waals surface area contributed by atoms with Gasteiger partial charge in [0.15, 0.2) is 0 Å². The highest BCUT2D eigenvalue weighted by molar-refractivity contribution is 5.83. The van der Waals surface area contributed by atoms with E-state index in [-0.39, 0.29) is 11.7 Å². The molecule has 0 saturated heterocycles. The molecule has 5 rings (SSSR count). The van der Waals surface area contributed by atoms with Gasteiger partial charge in [-0.15, -0.1) is 0 Å². The predicted octanol–water partition coefficient (Wildman–Crippen LogP) is 9.17. The molecular formula is C35H27F. The zero-order valence-corrected chi connectivity index (χ0v) is 20.0. The zero-order chi connectivity index (χ0) is 24.6. The third kappa shape index (κ3) is 5.59. The Kier molecular flexibility index (Phi) is 7.30. The minimum atomic E-state index is -0.233. The van der Waals surface area contributed by atoms with Crippen molar-refractivity contribution < 1.29 is 4.39 Å². The number of halogens is 1. The van der Waals surface area contributed by atoms with Gasteiger partial charge in [-0.2, -0.15) is 0 Å². The van der Waals surface area contributed by atoms with Gasteiger partial charge in [-0.3, -0.25) is 0 Å². The molecular weight excluding hydrogens is 439 g/mol. The number of hydrogen-bond acceptors (Lipinski definition) is 0. The molecule has 0 aliphatic carbocycles. The molecule has 0 unspecified atom stereocenters. The lowest BCUT2D eigenvalue weighted by molar-refractivity contribution is 0.627. The number of benzene rings is 5. The first-order chi connectivity index (χ1) is 17.8. The lowest BCUT2D eigenvalue weighted by atomic mass is 9.87. The molecule has 0 aliphatic rings. The van der Waals surface area contributed by atoms with Crippen molar-refractivity contribution in [1.29, 1.82) is 0 Å². The summed E-state index contributed by atoms with van der Waals surface area (Å²) in [5, 5.41) is 0. The van der Waals surface area contributed by atoms with Crippen LogP contribution in [0, 0.1) is 5.82 Å². The van der Waals surface area contributed by atoms with E-state index in [0.717, 1.165) is 39.0 Å². The Morgan fingerprint density at radius 1 is 0.417 bits per heavy atom. The van der Waals surface area contributed by atoms with Crippen molar-refractivity contribution in [3.8, 4) is 0 Å². The van der Waals surface area contributed by atoms with E-state index < -0.39 is 0 Å². The Morgan fingerprint density at radius 3 is 1.03 bits per heavy atom. The molecule has 0 N–H and O–H groups in total. The summed E-state index contributed by atoms with van der Waals surface area (Å²) >= 11 is 0. The highest BCUT2D eigenvalue weighted by Crippen LogP contribution is 2.33. The second-order valence-corrected chi connectivity index (χ2v) is 8.70. The molecule has 0 nitrogen and oxygen atoms in total. The van der Waals surface area contributed by atoms with Gasteiger partial charge in [0.05, 0.1) is 0 Å². The first-order valence-electron chi connectivity index (χ1n) is 12.2. The fourth-order valence-corrected chi connectivity index (χ4v) is 4.47. The highest BCUT2D eigenvalue weighted by atomic mass is 19.1. The van der Waals surface area contributed by atoms with Gasteiger partial charge in [0, 0.05) is 5.92 Å². The molecule has 1 heteroatoms. The van der Waals surface area contributed by atoms with E-state index in [4.69, 9.17) is 0 Å². The number of hydrogen-bond donors (Lipinski definition) is 0.